The molecule has 0 aliphatic heterocycles. The molecule has 0 atom stereocenters. The van der Waals surface area contributed by atoms with Gasteiger partial charge in [-0.3, -0.25) is 0 Å². The third-order valence-corrected chi connectivity index (χ3v) is 3.91. The third kappa shape index (κ3) is 4.08. The summed E-state index contributed by atoms with van der Waals surface area (Å²) in [5.41, 5.74) is 6.39. The Balaban J connectivity index is 2.13. The highest BCUT2D eigenvalue weighted by atomic mass is 16.5. The molecule has 2 heteroatoms. The highest BCUT2D eigenvalue weighted by molar-refractivity contribution is 5.42. The maximum Gasteiger partial charge on any atom is 0.123 e. The normalized spacial score (nSPS) is 10.7. The molecule has 21 heavy (non-hydrogen) atoms. The summed E-state index contributed by atoms with van der Waals surface area (Å²) in [6, 6.07) is 12.8. The van der Waals surface area contributed by atoms with Crippen LogP contribution in [-0.4, -0.2) is 13.6 Å². The van der Waals surface area contributed by atoms with Crippen molar-refractivity contribution in [3.8, 4) is 5.75 Å². The maximum absolute atomic E-state index is 6.08. The summed E-state index contributed by atoms with van der Waals surface area (Å²) in [6.07, 6.45) is 1.03. The van der Waals surface area contributed by atoms with Gasteiger partial charge in [-0.1, -0.05) is 30.3 Å². The molecule has 0 saturated carbocycles. The maximum atomic E-state index is 6.08. The SMILES string of the molecule is CNCCc1ccccc1COc1cc(C)cc(C)c1C. The minimum atomic E-state index is 0.629. The van der Waals surface area contributed by atoms with E-state index >= 15 is 0 Å². The molecule has 0 aliphatic rings. The van der Waals surface area contributed by atoms with Crippen molar-refractivity contribution in [2.75, 3.05) is 13.6 Å². The topological polar surface area (TPSA) is 21.3 Å². The number of likely N-dealkylation sites (N-methyl/N-ethyl adjacent to an activating group) is 1. The molecule has 0 bridgehead atoms. The van der Waals surface area contributed by atoms with Crippen LogP contribution in [0.2, 0.25) is 0 Å². The zero-order chi connectivity index (χ0) is 15.2. The van der Waals surface area contributed by atoms with E-state index in [1.54, 1.807) is 0 Å². The molecule has 112 valence electrons. The van der Waals surface area contributed by atoms with Gasteiger partial charge in [0.2, 0.25) is 0 Å². The lowest BCUT2D eigenvalue weighted by Crippen LogP contribution is -2.12. The largest absolute Gasteiger partial charge is 0.489 e. The Labute approximate surface area is 128 Å². The van der Waals surface area contributed by atoms with Gasteiger partial charge in [-0.05, 0) is 74.7 Å². The lowest BCUT2D eigenvalue weighted by Gasteiger charge is -2.14. The molecule has 0 unspecified atom stereocenters. The minimum absolute atomic E-state index is 0.629. The molecule has 0 spiro atoms. The fourth-order valence-electron chi connectivity index (χ4n) is 2.51. The van der Waals surface area contributed by atoms with Gasteiger partial charge in [0.1, 0.15) is 12.4 Å². The fraction of sp³-hybridized carbons (Fsp3) is 0.368. The molecule has 0 amide bonds. The van der Waals surface area contributed by atoms with Gasteiger partial charge < -0.3 is 10.1 Å². The van der Waals surface area contributed by atoms with E-state index in [0.717, 1.165) is 18.7 Å². The van der Waals surface area contributed by atoms with E-state index in [-0.39, 0.29) is 0 Å². The van der Waals surface area contributed by atoms with E-state index in [1.165, 1.54) is 27.8 Å². The number of aryl methyl sites for hydroxylation is 2. The molecule has 0 aliphatic carbocycles. The summed E-state index contributed by atoms with van der Waals surface area (Å²) in [7, 11) is 1.98. The lowest BCUT2D eigenvalue weighted by molar-refractivity contribution is 0.302. The first-order valence-corrected chi connectivity index (χ1v) is 7.54. The molecule has 0 aromatic heterocycles. The van der Waals surface area contributed by atoms with E-state index in [4.69, 9.17) is 4.74 Å². The van der Waals surface area contributed by atoms with Crippen LogP contribution in [0.25, 0.3) is 0 Å². The van der Waals surface area contributed by atoms with Crippen LogP contribution in [0.5, 0.6) is 5.75 Å². The Morgan fingerprint density at radius 3 is 2.43 bits per heavy atom. The average Bonchev–Trinajstić information content (AvgIpc) is 2.48. The van der Waals surface area contributed by atoms with Crippen LogP contribution < -0.4 is 10.1 Å². The number of rotatable bonds is 6. The van der Waals surface area contributed by atoms with Gasteiger partial charge in [-0.15, -0.1) is 0 Å². The zero-order valence-corrected chi connectivity index (χ0v) is 13.5. The minimum Gasteiger partial charge on any atom is -0.489 e. The number of hydrogen-bond donors (Lipinski definition) is 1. The number of hydrogen-bond acceptors (Lipinski definition) is 2. The second-order valence-corrected chi connectivity index (χ2v) is 5.62. The Morgan fingerprint density at radius 2 is 1.71 bits per heavy atom. The van der Waals surface area contributed by atoms with Gasteiger partial charge in [0.15, 0.2) is 0 Å². The van der Waals surface area contributed by atoms with E-state index < -0.39 is 0 Å². The van der Waals surface area contributed by atoms with Gasteiger partial charge in [0.25, 0.3) is 0 Å². The average molecular weight is 283 g/mol. The fourth-order valence-corrected chi connectivity index (χ4v) is 2.51. The van der Waals surface area contributed by atoms with Crippen molar-refractivity contribution < 1.29 is 4.74 Å². The molecule has 0 saturated heterocycles. The summed E-state index contributed by atoms with van der Waals surface area (Å²) in [4.78, 5) is 0. The standard InChI is InChI=1S/C19H25NO/c1-14-11-15(2)16(3)19(12-14)21-13-18-8-6-5-7-17(18)9-10-20-4/h5-8,11-12,20H,9-10,13H2,1-4H3. The Bertz CT molecular complexity index is 605. The summed E-state index contributed by atoms with van der Waals surface area (Å²) < 4.78 is 6.08. The number of benzene rings is 2. The zero-order valence-electron chi connectivity index (χ0n) is 13.5. The second-order valence-electron chi connectivity index (χ2n) is 5.62. The van der Waals surface area contributed by atoms with Gasteiger partial charge in [0, 0.05) is 0 Å². The second kappa shape index (κ2) is 7.28. The number of ether oxygens (including phenoxy) is 1. The molecule has 1 N–H and O–H groups in total. The number of nitrogens with one attached hydrogen (secondary N) is 1. The predicted molar refractivity (Wildman–Crippen MR) is 89.1 cm³/mol. The van der Waals surface area contributed by atoms with E-state index in [1.807, 2.05) is 7.05 Å². The molecule has 0 radical (unpaired) electrons. The van der Waals surface area contributed by atoms with Crippen molar-refractivity contribution in [1.29, 1.82) is 0 Å². The Morgan fingerprint density at radius 1 is 1.00 bits per heavy atom. The molecular weight excluding hydrogens is 258 g/mol. The molecule has 0 heterocycles. The Kier molecular flexibility index (Phi) is 5.40. The van der Waals surface area contributed by atoms with Crippen LogP contribution in [0, 0.1) is 20.8 Å². The van der Waals surface area contributed by atoms with Gasteiger partial charge in [-0.2, -0.15) is 0 Å². The molecule has 2 rings (SSSR count). The summed E-state index contributed by atoms with van der Waals surface area (Å²) in [5.74, 6) is 0.996. The molecule has 2 aromatic carbocycles. The van der Waals surface area contributed by atoms with Crippen LogP contribution in [-0.2, 0) is 13.0 Å². The van der Waals surface area contributed by atoms with Crippen molar-refractivity contribution in [2.24, 2.45) is 0 Å². The summed E-state index contributed by atoms with van der Waals surface area (Å²) in [6.45, 7) is 7.98. The highest BCUT2D eigenvalue weighted by Crippen LogP contribution is 2.24. The van der Waals surface area contributed by atoms with Crippen LogP contribution in [0.1, 0.15) is 27.8 Å². The highest BCUT2D eigenvalue weighted by Gasteiger charge is 2.06. The quantitative estimate of drug-likeness (QED) is 0.866. The molecular formula is C19H25NO. The van der Waals surface area contributed by atoms with Crippen molar-refractivity contribution in [3.63, 3.8) is 0 Å². The van der Waals surface area contributed by atoms with Crippen molar-refractivity contribution in [3.05, 3.63) is 64.2 Å². The van der Waals surface area contributed by atoms with E-state index in [2.05, 4.69) is 62.5 Å². The third-order valence-electron chi connectivity index (χ3n) is 3.91. The van der Waals surface area contributed by atoms with E-state index in [9.17, 15) is 0 Å². The van der Waals surface area contributed by atoms with Crippen LogP contribution in [0.4, 0.5) is 0 Å². The summed E-state index contributed by atoms with van der Waals surface area (Å²) >= 11 is 0. The summed E-state index contributed by atoms with van der Waals surface area (Å²) in [5, 5.41) is 3.20. The van der Waals surface area contributed by atoms with Crippen molar-refractivity contribution in [2.45, 2.75) is 33.8 Å². The monoisotopic (exact) mass is 283 g/mol. The van der Waals surface area contributed by atoms with Gasteiger partial charge in [0.05, 0.1) is 0 Å². The van der Waals surface area contributed by atoms with Crippen LogP contribution in [0.3, 0.4) is 0 Å². The Hall–Kier alpha value is -1.80. The smallest absolute Gasteiger partial charge is 0.123 e. The van der Waals surface area contributed by atoms with Crippen molar-refractivity contribution >= 4 is 0 Å². The van der Waals surface area contributed by atoms with Crippen LogP contribution >= 0.6 is 0 Å². The van der Waals surface area contributed by atoms with Gasteiger partial charge >= 0.3 is 0 Å². The first kappa shape index (κ1) is 15.6. The predicted octanol–water partition coefficient (Wildman–Crippen LogP) is 3.95. The molecule has 2 aromatic rings. The first-order valence-electron chi connectivity index (χ1n) is 7.54. The lowest BCUT2D eigenvalue weighted by atomic mass is 10.0. The molecule has 0 fully saturated rings. The van der Waals surface area contributed by atoms with Gasteiger partial charge in [-0.25, -0.2) is 0 Å². The first-order chi connectivity index (χ1) is 10.1. The molecule has 2 nitrogen and oxygen atoms in total. The van der Waals surface area contributed by atoms with Crippen molar-refractivity contribution in [1.82, 2.24) is 5.32 Å². The van der Waals surface area contributed by atoms with E-state index in [0.29, 0.717) is 6.61 Å². The van der Waals surface area contributed by atoms with Crippen LogP contribution in [0.15, 0.2) is 36.4 Å².